The van der Waals surface area contributed by atoms with Crippen LogP contribution in [0, 0.1) is 0 Å². The number of aliphatic imine (C=N–C) groups is 1. The Kier molecular flexibility index (Phi) is 8.19. The van der Waals surface area contributed by atoms with E-state index in [0.29, 0.717) is 5.57 Å². The van der Waals surface area contributed by atoms with Crippen molar-refractivity contribution in [1.29, 1.82) is 0 Å². The summed E-state index contributed by atoms with van der Waals surface area (Å²) in [6.07, 6.45) is -4.45. The smallest absolute Gasteiger partial charge is 0.387 e. The molecule has 15 nitrogen and oxygen atoms in total. The first kappa shape index (κ1) is 27.5. The van der Waals surface area contributed by atoms with Crippen molar-refractivity contribution in [1.82, 2.24) is 4.90 Å². The van der Waals surface area contributed by atoms with E-state index < -0.39 is 60.1 Å². The van der Waals surface area contributed by atoms with Crippen LogP contribution in [0.2, 0.25) is 0 Å². The number of aliphatic hydroxyl groups excluding tert-OH is 1. The Hall–Kier alpha value is -0.700. The number of halogens is 2. The molecule has 184 valence electrons. The molecule has 0 bridgehead atoms. The third kappa shape index (κ3) is 6.45. The van der Waals surface area contributed by atoms with E-state index in [1.54, 1.807) is 6.92 Å². The molecule has 6 atom stereocenters. The van der Waals surface area contributed by atoms with Crippen molar-refractivity contribution in [2.24, 2.45) is 10.7 Å². The molecule has 1 fully saturated rings. The fourth-order valence-corrected chi connectivity index (χ4v) is 6.02. The molecular weight excluding hydrogens is 526 g/mol. The average molecular weight is 546 g/mol. The molecule has 0 aliphatic carbocycles. The number of nitrogens with zero attached hydrogens (tertiary/aromatic N) is 2. The molecule has 2 aliphatic rings. The van der Waals surface area contributed by atoms with Crippen LogP contribution in [-0.4, -0.2) is 72.0 Å². The van der Waals surface area contributed by atoms with Crippen molar-refractivity contribution in [3.05, 3.63) is 24.2 Å². The minimum atomic E-state index is -5.78. The van der Waals surface area contributed by atoms with Gasteiger partial charge in [-0.3, -0.25) is 4.52 Å². The van der Waals surface area contributed by atoms with Crippen LogP contribution in [0.25, 0.3) is 0 Å². The fraction of sp³-hybridized carbons (Fsp3) is 0.583. The Morgan fingerprint density at radius 1 is 1.31 bits per heavy atom. The number of aliphatic hydroxyl groups is 1. The second-order valence-electron chi connectivity index (χ2n) is 6.59. The second kappa shape index (κ2) is 9.51. The monoisotopic (exact) mass is 545 g/mol. The number of rotatable bonds is 9. The van der Waals surface area contributed by atoms with E-state index in [4.69, 9.17) is 31.9 Å². The first-order valence-corrected chi connectivity index (χ1v) is 13.3. The number of phosphoric ester groups is 1. The lowest BCUT2D eigenvalue weighted by Crippen LogP contribution is -2.47. The molecular formula is C12H20ClFN3O12P3. The highest BCUT2D eigenvalue weighted by molar-refractivity contribution is 7.66. The van der Waals surface area contributed by atoms with Crippen LogP contribution < -0.4 is 5.73 Å². The molecule has 2 heterocycles. The molecule has 20 heteroatoms. The predicted molar refractivity (Wildman–Crippen MR) is 105 cm³/mol. The minimum Gasteiger partial charge on any atom is -0.387 e. The second-order valence-corrected chi connectivity index (χ2v) is 11.3. The summed E-state index contributed by atoms with van der Waals surface area (Å²) in [6, 6.07) is 0. The topological polar surface area (TPSA) is 231 Å². The van der Waals surface area contributed by atoms with Gasteiger partial charge < -0.3 is 40.1 Å². The van der Waals surface area contributed by atoms with Gasteiger partial charge in [0.25, 0.3) is 0 Å². The van der Waals surface area contributed by atoms with Gasteiger partial charge in [0.05, 0.1) is 12.5 Å². The number of hydrogen-bond donors (Lipinski definition) is 6. The summed E-state index contributed by atoms with van der Waals surface area (Å²) in [5.74, 6) is -0.641. The minimum absolute atomic E-state index is 0.0498. The van der Waals surface area contributed by atoms with Gasteiger partial charge in [0.2, 0.25) is 0 Å². The van der Waals surface area contributed by atoms with Gasteiger partial charge in [0, 0.05) is 11.8 Å². The molecule has 2 unspecified atom stereocenters. The fourth-order valence-electron chi connectivity index (χ4n) is 2.65. The maximum atomic E-state index is 14.9. The van der Waals surface area contributed by atoms with Crippen molar-refractivity contribution in [3.8, 4) is 0 Å². The molecule has 7 N–H and O–H groups in total. The Labute approximate surface area is 185 Å². The summed E-state index contributed by atoms with van der Waals surface area (Å²) in [6.45, 7) is 3.99. The first-order chi connectivity index (χ1) is 14.4. The zero-order valence-corrected chi connectivity index (χ0v) is 19.5. The van der Waals surface area contributed by atoms with Gasteiger partial charge in [-0.25, -0.2) is 23.1 Å². The first-order valence-electron chi connectivity index (χ1n) is 8.26. The molecule has 0 radical (unpaired) electrons. The quantitative estimate of drug-likeness (QED) is 0.170. The standard InChI is InChI=1S/C12H20ClFN3O12P3/c1-6-3-17(7(2)16-10(6)15)11-8(14)9(18)12(4-13,27-11)5-26-31(22,23)29-32(24,25)28-30(19,20)21/h3,8-9,11,18H,2,4-5H2,1H3,(H2,15,16)(H,22,23)(H,24,25)(H2,19,20,21)/t8-,9+,11-,12-/m1/s1. The normalized spacial score (nSPS) is 32.8. The molecule has 0 aromatic heterocycles. The summed E-state index contributed by atoms with van der Waals surface area (Å²) in [5, 5.41) is 10.3. The van der Waals surface area contributed by atoms with Crippen molar-refractivity contribution in [2.75, 3.05) is 12.5 Å². The van der Waals surface area contributed by atoms with Gasteiger partial charge in [-0.05, 0) is 6.92 Å². The van der Waals surface area contributed by atoms with E-state index in [2.05, 4.69) is 24.7 Å². The molecule has 2 aliphatic heterocycles. The summed E-state index contributed by atoms with van der Waals surface area (Å²) < 4.78 is 66.0. The van der Waals surface area contributed by atoms with E-state index in [1.165, 1.54) is 6.20 Å². The Morgan fingerprint density at radius 2 is 1.91 bits per heavy atom. The highest BCUT2D eigenvalue weighted by Crippen LogP contribution is 2.66. The van der Waals surface area contributed by atoms with Gasteiger partial charge in [-0.2, -0.15) is 8.62 Å². The van der Waals surface area contributed by atoms with Gasteiger partial charge in [0.15, 0.2) is 12.4 Å². The summed E-state index contributed by atoms with van der Waals surface area (Å²) >= 11 is 5.79. The van der Waals surface area contributed by atoms with E-state index in [0.717, 1.165) is 4.90 Å². The van der Waals surface area contributed by atoms with Crippen LogP contribution in [0.15, 0.2) is 29.2 Å². The largest absolute Gasteiger partial charge is 0.490 e. The summed E-state index contributed by atoms with van der Waals surface area (Å²) in [7, 11) is -16.9. The molecule has 0 aromatic rings. The van der Waals surface area contributed by atoms with Gasteiger partial charge in [0.1, 0.15) is 23.4 Å². The van der Waals surface area contributed by atoms with Crippen LogP contribution in [0.1, 0.15) is 6.92 Å². The third-order valence-electron chi connectivity index (χ3n) is 4.14. The van der Waals surface area contributed by atoms with Crippen molar-refractivity contribution in [3.63, 3.8) is 0 Å². The van der Waals surface area contributed by atoms with Crippen LogP contribution >= 0.6 is 35.1 Å². The summed E-state index contributed by atoms with van der Waals surface area (Å²) in [5.41, 5.74) is 3.89. The van der Waals surface area contributed by atoms with Gasteiger partial charge in [-0.1, -0.05) is 6.58 Å². The Bertz CT molecular complexity index is 974. The molecule has 0 spiro atoms. The highest BCUT2D eigenvalue weighted by atomic mass is 35.5. The van der Waals surface area contributed by atoms with Crippen LogP contribution in [0.5, 0.6) is 0 Å². The molecule has 2 rings (SSSR count). The number of nitrogens with two attached hydrogens (primary N) is 1. The van der Waals surface area contributed by atoms with Crippen LogP contribution in [0.4, 0.5) is 4.39 Å². The van der Waals surface area contributed by atoms with Crippen molar-refractivity contribution in [2.45, 2.75) is 31.0 Å². The zero-order valence-electron chi connectivity index (χ0n) is 16.1. The number of alkyl halides is 2. The number of ether oxygens (including phenoxy) is 1. The maximum absolute atomic E-state index is 14.9. The van der Waals surface area contributed by atoms with Crippen LogP contribution in [0.3, 0.4) is 0 Å². The molecule has 32 heavy (non-hydrogen) atoms. The lowest BCUT2D eigenvalue weighted by Gasteiger charge is -2.33. The van der Waals surface area contributed by atoms with E-state index >= 15 is 0 Å². The lowest BCUT2D eigenvalue weighted by atomic mass is 9.99. The van der Waals surface area contributed by atoms with E-state index in [1.807, 2.05) is 0 Å². The van der Waals surface area contributed by atoms with Crippen molar-refractivity contribution >= 4 is 40.9 Å². The zero-order chi connectivity index (χ0) is 24.7. The molecule has 0 aromatic carbocycles. The van der Waals surface area contributed by atoms with Crippen molar-refractivity contribution < 1.29 is 60.6 Å². The number of hydrogen-bond acceptors (Lipinski definition) is 11. The number of amidine groups is 1. The highest BCUT2D eigenvalue weighted by Gasteiger charge is 2.58. The molecule has 0 saturated carbocycles. The summed E-state index contributed by atoms with van der Waals surface area (Å²) in [4.78, 5) is 40.8. The lowest BCUT2D eigenvalue weighted by molar-refractivity contribution is -0.119. The predicted octanol–water partition coefficient (Wildman–Crippen LogP) is 0.410. The van der Waals surface area contributed by atoms with E-state index in [-0.39, 0.29) is 11.7 Å². The molecule has 0 amide bonds. The maximum Gasteiger partial charge on any atom is 0.490 e. The third-order valence-corrected chi connectivity index (χ3v) is 8.38. The Balaban J connectivity index is 2.18. The van der Waals surface area contributed by atoms with Gasteiger partial charge >= 0.3 is 23.5 Å². The van der Waals surface area contributed by atoms with Crippen LogP contribution in [-0.2, 0) is 31.6 Å². The van der Waals surface area contributed by atoms with Gasteiger partial charge in [-0.15, -0.1) is 11.6 Å². The number of phosphoric acid groups is 3. The SMILES string of the molecule is C=C1N=C(N)C(C)=CN1[C@@H]1O[C@](CCl)(COP(=O)(O)OP(=O)(O)OP(=O)(O)O)[C@@H](O)[C@H]1F. The average Bonchev–Trinajstić information content (AvgIpc) is 2.85. The van der Waals surface area contributed by atoms with E-state index in [9.17, 15) is 33.0 Å². The molecule has 1 saturated heterocycles. The Morgan fingerprint density at radius 3 is 2.44 bits per heavy atom.